The first kappa shape index (κ1) is 25.2. The summed E-state index contributed by atoms with van der Waals surface area (Å²) in [4.78, 5) is 15.9. The van der Waals surface area contributed by atoms with E-state index in [1.54, 1.807) is 11.3 Å². The second-order valence-corrected chi connectivity index (χ2v) is 12.7. The van der Waals surface area contributed by atoms with Crippen molar-refractivity contribution in [1.82, 2.24) is 25.0 Å². The molecule has 1 amide bonds. The molecule has 37 heavy (non-hydrogen) atoms. The minimum Gasteiger partial charge on any atom is -0.448 e. The van der Waals surface area contributed by atoms with Gasteiger partial charge in [-0.2, -0.15) is 0 Å². The normalized spacial score (nSPS) is 28.6. The van der Waals surface area contributed by atoms with E-state index in [1.807, 2.05) is 11.4 Å². The lowest BCUT2D eigenvalue weighted by atomic mass is 9.88. The van der Waals surface area contributed by atoms with Crippen molar-refractivity contribution in [2.45, 2.75) is 121 Å². The summed E-state index contributed by atoms with van der Waals surface area (Å²) in [7, 11) is 0. The lowest BCUT2D eigenvalue weighted by Gasteiger charge is -2.41. The number of piperidine rings is 1. The Bertz CT molecular complexity index is 1060. The molecule has 2 bridgehead atoms. The van der Waals surface area contributed by atoms with Gasteiger partial charge in [0.05, 0.1) is 0 Å². The molecule has 0 aromatic carbocycles. The number of aromatic nitrogens is 3. The van der Waals surface area contributed by atoms with Crippen LogP contribution in [-0.2, 0) is 4.79 Å². The summed E-state index contributed by atoms with van der Waals surface area (Å²) < 4.78 is 14.7. The summed E-state index contributed by atoms with van der Waals surface area (Å²) in [6.45, 7) is 7.45. The molecule has 1 N–H and O–H groups in total. The number of carbonyl (C=O) groups is 1. The van der Waals surface area contributed by atoms with Gasteiger partial charge in [0.25, 0.3) is 6.29 Å². The molecule has 6 rings (SSSR count). The van der Waals surface area contributed by atoms with Crippen LogP contribution in [-0.4, -0.2) is 56.5 Å². The van der Waals surface area contributed by atoms with Gasteiger partial charge < -0.3 is 19.4 Å². The Hall–Kier alpha value is -2.13. The average Bonchev–Trinajstić information content (AvgIpc) is 3.64. The van der Waals surface area contributed by atoms with Crippen LogP contribution in [0.5, 0.6) is 10.8 Å². The Kier molecular flexibility index (Phi) is 7.18. The Morgan fingerprint density at radius 1 is 1.08 bits per heavy atom. The third-order valence-corrected chi connectivity index (χ3v) is 9.81. The lowest BCUT2D eigenvalue weighted by molar-refractivity contribution is -0.128. The van der Waals surface area contributed by atoms with E-state index in [1.165, 1.54) is 19.3 Å². The molecule has 5 heterocycles. The van der Waals surface area contributed by atoms with Crippen LogP contribution >= 0.6 is 11.3 Å². The number of ether oxygens (including phenoxy) is 2. The van der Waals surface area contributed by atoms with Gasteiger partial charge >= 0.3 is 0 Å². The van der Waals surface area contributed by atoms with Crippen LogP contribution in [0.15, 0.2) is 11.4 Å². The highest BCUT2D eigenvalue weighted by molar-refractivity contribution is 7.12. The lowest BCUT2D eigenvalue weighted by Crippen LogP contribution is -2.52. The Balaban J connectivity index is 1.12. The van der Waals surface area contributed by atoms with Gasteiger partial charge in [-0.15, -0.1) is 21.5 Å². The largest absolute Gasteiger partial charge is 0.448 e. The standard InChI is InChI=1S/C28H41N5O3S/c1-17(2)25-31-30-18(3)33(25)22-15-20-9-10-21(16-22)32(20)13-11-23(27-35-24-12-14-37-28(24)36-27)29-26(34)19-7-5-4-6-8-19/h12,14,17,19-23,27H,4-11,13,15-16H2,1-3H3,(H,29,34)/t20?,21?,22?,23-,27?/m0/s1. The molecule has 9 heteroatoms. The Morgan fingerprint density at radius 3 is 2.54 bits per heavy atom. The van der Waals surface area contributed by atoms with Crippen molar-refractivity contribution in [3.05, 3.63) is 23.1 Å². The minimum atomic E-state index is -0.446. The van der Waals surface area contributed by atoms with Crippen molar-refractivity contribution in [3.63, 3.8) is 0 Å². The SMILES string of the molecule is Cc1nnc(C(C)C)n1C1CC2CCC(C1)N2CC[C@H](NC(=O)C1CCCCC1)C1Oc2ccsc2O1. The molecular formula is C28H41N5O3S. The molecule has 3 aliphatic heterocycles. The zero-order chi connectivity index (χ0) is 25.5. The second kappa shape index (κ2) is 10.6. The van der Waals surface area contributed by atoms with Crippen LogP contribution in [0.2, 0.25) is 0 Å². The summed E-state index contributed by atoms with van der Waals surface area (Å²) in [6.07, 6.45) is 10.7. The quantitative estimate of drug-likeness (QED) is 0.509. The molecule has 8 nitrogen and oxygen atoms in total. The Labute approximate surface area is 224 Å². The summed E-state index contributed by atoms with van der Waals surface area (Å²) in [5.74, 6) is 3.64. The van der Waals surface area contributed by atoms with Crippen molar-refractivity contribution in [2.24, 2.45) is 5.92 Å². The van der Waals surface area contributed by atoms with Gasteiger partial charge in [-0.05, 0) is 63.3 Å². The number of thiophene rings is 1. The van der Waals surface area contributed by atoms with Gasteiger partial charge in [0.15, 0.2) is 5.75 Å². The predicted octanol–water partition coefficient (Wildman–Crippen LogP) is 5.19. The molecule has 0 spiro atoms. The molecule has 4 atom stereocenters. The van der Waals surface area contributed by atoms with Crippen molar-refractivity contribution in [3.8, 4) is 10.8 Å². The zero-order valence-corrected chi connectivity index (χ0v) is 23.2. The molecule has 1 saturated carbocycles. The van der Waals surface area contributed by atoms with E-state index in [0.29, 0.717) is 24.0 Å². The van der Waals surface area contributed by atoms with Gasteiger partial charge in [-0.3, -0.25) is 9.69 Å². The maximum absolute atomic E-state index is 13.2. The number of nitrogens with one attached hydrogen (secondary N) is 1. The number of hydrogen-bond donors (Lipinski definition) is 1. The number of carbonyl (C=O) groups excluding carboxylic acids is 1. The number of fused-ring (bicyclic) bond motifs is 3. The highest BCUT2D eigenvalue weighted by Crippen LogP contribution is 2.43. The predicted molar refractivity (Wildman–Crippen MR) is 143 cm³/mol. The van der Waals surface area contributed by atoms with E-state index in [4.69, 9.17) is 9.47 Å². The highest BCUT2D eigenvalue weighted by atomic mass is 32.1. The number of hydrogen-bond acceptors (Lipinski definition) is 7. The average molecular weight is 528 g/mol. The van der Waals surface area contributed by atoms with E-state index < -0.39 is 6.29 Å². The monoisotopic (exact) mass is 527 g/mol. The maximum Gasteiger partial charge on any atom is 0.262 e. The van der Waals surface area contributed by atoms with Gasteiger partial charge in [0, 0.05) is 36.5 Å². The number of rotatable bonds is 8. The van der Waals surface area contributed by atoms with Gasteiger partial charge in [0.2, 0.25) is 11.0 Å². The van der Waals surface area contributed by atoms with Crippen LogP contribution in [0.1, 0.15) is 102 Å². The van der Waals surface area contributed by atoms with Crippen molar-refractivity contribution < 1.29 is 14.3 Å². The second-order valence-electron chi connectivity index (χ2n) is 11.8. The van der Waals surface area contributed by atoms with Crippen molar-refractivity contribution in [2.75, 3.05) is 6.54 Å². The molecular weight excluding hydrogens is 486 g/mol. The molecule has 2 saturated heterocycles. The van der Waals surface area contributed by atoms with Crippen LogP contribution in [0.3, 0.4) is 0 Å². The summed E-state index contributed by atoms with van der Waals surface area (Å²) in [5.41, 5.74) is 0. The van der Waals surface area contributed by atoms with Gasteiger partial charge in [0.1, 0.15) is 17.7 Å². The number of aryl methyl sites for hydroxylation is 1. The van der Waals surface area contributed by atoms with Gasteiger partial charge in [-0.1, -0.05) is 33.1 Å². The zero-order valence-electron chi connectivity index (χ0n) is 22.4. The first-order valence-corrected chi connectivity index (χ1v) is 15.2. The minimum absolute atomic E-state index is 0.126. The Morgan fingerprint density at radius 2 is 1.84 bits per heavy atom. The van der Waals surface area contributed by atoms with Crippen LogP contribution in [0, 0.1) is 12.8 Å². The van der Waals surface area contributed by atoms with Crippen LogP contribution in [0.4, 0.5) is 0 Å². The van der Waals surface area contributed by atoms with Gasteiger partial charge in [-0.25, -0.2) is 0 Å². The number of nitrogens with zero attached hydrogens (tertiary/aromatic N) is 4. The molecule has 3 fully saturated rings. The van der Waals surface area contributed by atoms with Crippen molar-refractivity contribution >= 4 is 17.2 Å². The third-order valence-electron chi connectivity index (χ3n) is 9.03. The number of amides is 1. The fourth-order valence-corrected chi connectivity index (χ4v) is 7.86. The molecule has 3 unspecified atom stereocenters. The molecule has 2 aromatic heterocycles. The third kappa shape index (κ3) is 5.01. The van der Waals surface area contributed by atoms with E-state index in [0.717, 1.165) is 74.0 Å². The molecule has 0 radical (unpaired) electrons. The first-order valence-electron chi connectivity index (χ1n) is 14.4. The van der Waals surface area contributed by atoms with E-state index in [9.17, 15) is 4.79 Å². The topological polar surface area (TPSA) is 81.5 Å². The smallest absolute Gasteiger partial charge is 0.262 e. The first-order chi connectivity index (χ1) is 18.0. The fraction of sp³-hybridized carbons (Fsp3) is 0.750. The molecule has 1 aliphatic carbocycles. The van der Waals surface area contributed by atoms with Crippen LogP contribution < -0.4 is 14.8 Å². The summed E-state index contributed by atoms with van der Waals surface area (Å²) in [6, 6.07) is 3.41. The van der Waals surface area contributed by atoms with Crippen LogP contribution in [0.25, 0.3) is 0 Å². The fourth-order valence-electron chi connectivity index (χ4n) is 7.16. The van der Waals surface area contributed by atoms with Crippen molar-refractivity contribution in [1.29, 1.82) is 0 Å². The van der Waals surface area contributed by atoms with E-state index in [-0.39, 0.29) is 17.9 Å². The molecule has 4 aliphatic rings. The highest BCUT2D eigenvalue weighted by Gasteiger charge is 2.43. The molecule has 2 aromatic rings. The van der Waals surface area contributed by atoms with E-state index in [2.05, 4.69) is 45.8 Å². The summed E-state index contributed by atoms with van der Waals surface area (Å²) in [5, 5.41) is 15.1. The van der Waals surface area contributed by atoms with E-state index >= 15 is 0 Å². The summed E-state index contributed by atoms with van der Waals surface area (Å²) >= 11 is 1.56. The maximum atomic E-state index is 13.2. The molecule has 202 valence electrons.